The minimum Gasteiger partial charge on any atom is -0.454 e. The first kappa shape index (κ1) is 15.7. The lowest BCUT2D eigenvalue weighted by Crippen LogP contribution is -2.26. The molecule has 0 atom stereocenters. The van der Waals surface area contributed by atoms with E-state index in [0.717, 1.165) is 11.8 Å². The second-order valence-electron chi connectivity index (χ2n) is 4.74. The molecule has 9 heteroatoms. The molecule has 0 N–H and O–H groups in total. The summed E-state index contributed by atoms with van der Waals surface area (Å²) in [4.78, 5) is 15.6. The zero-order valence-corrected chi connectivity index (χ0v) is 12.7. The molecular formula is C14H11F3N2O3S. The molecule has 0 amide bonds. The van der Waals surface area contributed by atoms with Crippen LogP contribution >= 0.6 is 11.8 Å². The maximum absolute atomic E-state index is 12.7. The van der Waals surface area contributed by atoms with Gasteiger partial charge in [-0.1, -0.05) is 17.8 Å². The van der Waals surface area contributed by atoms with Crippen molar-refractivity contribution in [1.29, 1.82) is 0 Å². The molecule has 1 aromatic carbocycles. The Morgan fingerprint density at radius 2 is 2.00 bits per heavy atom. The maximum atomic E-state index is 12.7. The molecule has 5 nitrogen and oxygen atoms in total. The minimum atomic E-state index is -4.65. The van der Waals surface area contributed by atoms with Crippen molar-refractivity contribution in [2.45, 2.75) is 17.9 Å². The molecule has 0 spiro atoms. The third kappa shape index (κ3) is 3.14. The number of hydrogen-bond acceptors (Lipinski definition) is 5. The Morgan fingerprint density at radius 1 is 1.26 bits per heavy atom. The fourth-order valence-corrected chi connectivity index (χ4v) is 2.72. The summed E-state index contributed by atoms with van der Waals surface area (Å²) in [5.41, 5.74) is -1.24. The van der Waals surface area contributed by atoms with Gasteiger partial charge >= 0.3 is 6.18 Å². The van der Waals surface area contributed by atoms with Crippen molar-refractivity contribution < 1.29 is 22.6 Å². The number of benzene rings is 1. The van der Waals surface area contributed by atoms with Gasteiger partial charge in [0.1, 0.15) is 0 Å². The maximum Gasteiger partial charge on any atom is 0.433 e. The summed E-state index contributed by atoms with van der Waals surface area (Å²) in [6, 6.07) is 5.62. The molecule has 2 heterocycles. The van der Waals surface area contributed by atoms with Gasteiger partial charge in [-0.25, -0.2) is 4.98 Å². The zero-order chi connectivity index (χ0) is 16.6. The largest absolute Gasteiger partial charge is 0.454 e. The Kier molecular flexibility index (Phi) is 3.97. The van der Waals surface area contributed by atoms with Crippen LogP contribution in [0.1, 0.15) is 11.3 Å². The van der Waals surface area contributed by atoms with Gasteiger partial charge in [-0.05, 0) is 24.0 Å². The number of rotatable bonds is 3. The van der Waals surface area contributed by atoms with Crippen LogP contribution in [0.2, 0.25) is 0 Å². The summed E-state index contributed by atoms with van der Waals surface area (Å²) < 4.78 is 49.9. The van der Waals surface area contributed by atoms with Crippen molar-refractivity contribution in [1.82, 2.24) is 9.55 Å². The SMILES string of the molecule is CSc1nc(C(F)(F)F)cc(=O)n1Cc1ccc2c(c1)OCO2. The fraction of sp³-hybridized carbons (Fsp3) is 0.286. The first-order chi connectivity index (χ1) is 10.9. The smallest absolute Gasteiger partial charge is 0.433 e. The van der Waals surface area contributed by atoms with Crippen LogP contribution in [-0.4, -0.2) is 22.6 Å². The predicted octanol–water partition coefficient (Wildman–Crippen LogP) is 2.76. The van der Waals surface area contributed by atoms with Crippen LogP contribution < -0.4 is 15.0 Å². The van der Waals surface area contributed by atoms with Gasteiger partial charge < -0.3 is 9.47 Å². The summed E-state index contributed by atoms with van der Waals surface area (Å²) in [6.07, 6.45) is -3.08. The van der Waals surface area contributed by atoms with Gasteiger partial charge in [0.15, 0.2) is 22.3 Å². The molecule has 0 unspecified atom stereocenters. The van der Waals surface area contributed by atoms with E-state index in [1.807, 2.05) is 0 Å². The monoisotopic (exact) mass is 344 g/mol. The van der Waals surface area contributed by atoms with Gasteiger partial charge in [0.05, 0.1) is 6.54 Å². The van der Waals surface area contributed by atoms with E-state index in [-0.39, 0.29) is 18.5 Å². The molecule has 0 saturated carbocycles. The molecule has 1 aromatic heterocycles. The summed E-state index contributed by atoms with van der Waals surface area (Å²) >= 11 is 0.980. The summed E-state index contributed by atoms with van der Waals surface area (Å²) in [5.74, 6) is 1.14. The normalized spacial score (nSPS) is 13.4. The molecule has 1 aliphatic rings. The quantitative estimate of drug-likeness (QED) is 0.633. The molecular weight excluding hydrogens is 333 g/mol. The first-order valence-corrected chi connectivity index (χ1v) is 7.72. The molecule has 122 valence electrons. The van der Waals surface area contributed by atoms with E-state index in [2.05, 4.69) is 4.98 Å². The summed E-state index contributed by atoms with van der Waals surface area (Å²) in [6.45, 7) is 0.216. The van der Waals surface area contributed by atoms with Gasteiger partial charge in [0, 0.05) is 6.07 Å². The van der Waals surface area contributed by atoms with E-state index in [0.29, 0.717) is 23.1 Å². The molecule has 1 aliphatic heterocycles. The minimum absolute atomic E-state index is 0.00231. The van der Waals surface area contributed by atoms with Crippen molar-refractivity contribution >= 4 is 11.8 Å². The van der Waals surface area contributed by atoms with Gasteiger partial charge in [0.25, 0.3) is 5.56 Å². The van der Waals surface area contributed by atoms with Crippen LogP contribution in [0.4, 0.5) is 13.2 Å². The fourth-order valence-electron chi connectivity index (χ4n) is 2.15. The van der Waals surface area contributed by atoms with E-state index >= 15 is 0 Å². The van der Waals surface area contributed by atoms with Crippen molar-refractivity contribution in [2.24, 2.45) is 0 Å². The van der Waals surface area contributed by atoms with E-state index in [1.54, 1.807) is 24.5 Å². The van der Waals surface area contributed by atoms with Crippen LogP contribution in [0, 0.1) is 0 Å². The lowest BCUT2D eigenvalue weighted by Gasteiger charge is -2.13. The van der Waals surface area contributed by atoms with Gasteiger partial charge in [0.2, 0.25) is 6.79 Å². The summed E-state index contributed by atoms with van der Waals surface area (Å²) in [5, 5.41) is 0.00231. The molecule has 3 rings (SSSR count). The van der Waals surface area contributed by atoms with E-state index in [4.69, 9.17) is 9.47 Å². The Labute approximate surface area is 133 Å². The Morgan fingerprint density at radius 3 is 2.70 bits per heavy atom. The van der Waals surface area contributed by atoms with E-state index < -0.39 is 17.4 Å². The molecule has 2 aromatic rings. The Balaban J connectivity index is 1.98. The van der Waals surface area contributed by atoms with Gasteiger partial charge in [-0.3, -0.25) is 9.36 Å². The highest BCUT2D eigenvalue weighted by Gasteiger charge is 2.34. The molecule has 23 heavy (non-hydrogen) atoms. The summed E-state index contributed by atoms with van der Waals surface area (Å²) in [7, 11) is 0. The number of ether oxygens (including phenoxy) is 2. The van der Waals surface area contributed by atoms with Crippen LogP contribution in [0.15, 0.2) is 34.2 Å². The van der Waals surface area contributed by atoms with Crippen molar-refractivity contribution in [2.75, 3.05) is 13.0 Å². The highest BCUT2D eigenvalue weighted by atomic mass is 32.2. The second-order valence-corrected chi connectivity index (χ2v) is 5.51. The number of nitrogens with zero attached hydrogens (tertiary/aromatic N) is 2. The number of fused-ring (bicyclic) bond motifs is 1. The lowest BCUT2D eigenvalue weighted by atomic mass is 10.2. The highest BCUT2D eigenvalue weighted by molar-refractivity contribution is 7.98. The molecule has 0 aliphatic carbocycles. The number of alkyl halides is 3. The number of aromatic nitrogens is 2. The van der Waals surface area contributed by atoms with Crippen LogP contribution in [0.25, 0.3) is 0 Å². The van der Waals surface area contributed by atoms with Crippen LogP contribution in [-0.2, 0) is 12.7 Å². The number of hydrogen-bond donors (Lipinski definition) is 0. The van der Waals surface area contributed by atoms with Gasteiger partial charge in [-0.2, -0.15) is 13.2 Å². The third-order valence-electron chi connectivity index (χ3n) is 3.22. The zero-order valence-electron chi connectivity index (χ0n) is 11.9. The molecule has 0 saturated heterocycles. The lowest BCUT2D eigenvalue weighted by molar-refractivity contribution is -0.141. The number of thioether (sulfide) groups is 1. The van der Waals surface area contributed by atoms with Crippen LogP contribution in [0.3, 0.4) is 0 Å². The van der Waals surface area contributed by atoms with E-state index in [1.165, 1.54) is 4.57 Å². The predicted molar refractivity (Wildman–Crippen MR) is 76.9 cm³/mol. The van der Waals surface area contributed by atoms with Gasteiger partial charge in [-0.15, -0.1) is 0 Å². The standard InChI is InChI=1S/C14H11F3N2O3S/c1-23-13-18-11(14(15,16)17)5-12(20)19(13)6-8-2-3-9-10(4-8)22-7-21-9/h2-5H,6-7H2,1H3. The van der Waals surface area contributed by atoms with Crippen molar-refractivity contribution in [3.63, 3.8) is 0 Å². The molecule has 0 radical (unpaired) electrons. The third-order valence-corrected chi connectivity index (χ3v) is 3.90. The first-order valence-electron chi connectivity index (χ1n) is 6.50. The average molecular weight is 344 g/mol. The molecule has 0 bridgehead atoms. The highest BCUT2D eigenvalue weighted by Crippen LogP contribution is 2.33. The second kappa shape index (κ2) is 5.80. The Bertz CT molecular complexity index is 805. The molecule has 0 fully saturated rings. The van der Waals surface area contributed by atoms with Crippen molar-refractivity contribution in [3.8, 4) is 11.5 Å². The average Bonchev–Trinajstić information content (AvgIpc) is 2.95. The van der Waals surface area contributed by atoms with Crippen LogP contribution in [0.5, 0.6) is 11.5 Å². The topological polar surface area (TPSA) is 53.4 Å². The number of halogens is 3. The Hall–Kier alpha value is -2.16. The van der Waals surface area contributed by atoms with Crippen molar-refractivity contribution in [3.05, 3.63) is 45.9 Å². The van der Waals surface area contributed by atoms with E-state index in [9.17, 15) is 18.0 Å².